The number of nitrogens with two attached hydrogens (primary N) is 1. The Labute approximate surface area is 186 Å². The number of nitrogen functional groups attached to an aromatic ring is 1. The number of nitro benzene ring substituents is 1. The Kier molecular flexibility index (Phi) is 7.36. The SMILES string of the molecule is N#Cc1cn(-c2ccc([N+](=O)[O-])cc2)nc1N=Nc1c(NCCO)nc(N)nc1NCCO. The molecular formula is C18H19N11O4. The summed E-state index contributed by atoms with van der Waals surface area (Å²) < 4.78 is 1.34. The van der Waals surface area contributed by atoms with Gasteiger partial charge in [0.25, 0.3) is 5.69 Å². The van der Waals surface area contributed by atoms with Gasteiger partial charge in [0.05, 0.1) is 30.0 Å². The molecule has 2 aromatic heterocycles. The van der Waals surface area contributed by atoms with Gasteiger partial charge in [0, 0.05) is 25.2 Å². The topological polar surface area (TPSA) is 226 Å². The molecular weight excluding hydrogens is 434 g/mol. The molecule has 0 atom stereocenters. The molecule has 2 heterocycles. The van der Waals surface area contributed by atoms with Crippen molar-refractivity contribution in [1.29, 1.82) is 5.26 Å². The molecule has 15 nitrogen and oxygen atoms in total. The minimum atomic E-state index is -0.521. The number of nitrogens with zero attached hydrogens (tertiary/aromatic N) is 8. The zero-order chi connectivity index (χ0) is 23.8. The number of azo groups is 1. The molecule has 170 valence electrons. The highest BCUT2D eigenvalue weighted by Gasteiger charge is 2.15. The summed E-state index contributed by atoms with van der Waals surface area (Å²) in [5, 5.41) is 56.6. The number of anilines is 3. The number of aliphatic hydroxyl groups excluding tert-OH is 2. The Morgan fingerprint density at radius 1 is 1.12 bits per heavy atom. The van der Waals surface area contributed by atoms with Gasteiger partial charge < -0.3 is 26.6 Å². The lowest BCUT2D eigenvalue weighted by atomic mass is 10.3. The average Bonchev–Trinajstić information content (AvgIpc) is 3.23. The summed E-state index contributed by atoms with van der Waals surface area (Å²) in [6.07, 6.45) is 1.41. The molecule has 0 radical (unpaired) electrons. The number of hydrogen-bond acceptors (Lipinski definition) is 13. The van der Waals surface area contributed by atoms with Crippen molar-refractivity contribution in [2.45, 2.75) is 0 Å². The van der Waals surface area contributed by atoms with Crippen molar-refractivity contribution in [3.8, 4) is 11.8 Å². The number of non-ortho nitro benzene ring substituents is 1. The molecule has 15 heteroatoms. The van der Waals surface area contributed by atoms with Crippen LogP contribution in [0.3, 0.4) is 0 Å². The van der Waals surface area contributed by atoms with Gasteiger partial charge in [0.15, 0.2) is 17.3 Å². The van der Waals surface area contributed by atoms with E-state index in [1.165, 1.54) is 35.1 Å². The lowest BCUT2D eigenvalue weighted by molar-refractivity contribution is -0.384. The number of nitrogens with one attached hydrogen (secondary N) is 2. The van der Waals surface area contributed by atoms with E-state index in [1.54, 1.807) is 0 Å². The number of rotatable bonds is 10. The third-order valence-electron chi connectivity index (χ3n) is 4.09. The maximum Gasteiger partial charge on any atom is 0.269 e. The third kappa shape index (κ3) is 5.52. The molecule has 0 aliphatic carbocycles. The highest BCUT2D eigenvalue weighted by molar-refractivity contribution is 5.75. The fraction of sp³-hybridized carbons (Fsp3) is 0.222. The van der Waals surface area contributed by atoms with Crippen LogP contribution in [0, 0.1) is 21.4 Å². The maximum atomic E-state index is 10.8. The molecule has 0 spiro atoms. The normalized spacial score (nSPS) is 10.8. The second kappa shape index (κ2) is 10.6. The average molecular weight is 453 g/mol. The monoisotopic (exact) mass is 453 g/mol. The first kappa shape index (κ1) is 23.0. The zero-order valence-electron chi connectivity index (χ0n) is 17.1. The molecule has 0 fully saturated rings. The van der Waals surface area contributed by atoms with E-state index in [4.69, 9.17) is 15.9 Å². The van der Waals surface area contributed by atoms with Gasteiger partial charge in [-0.3, -0.25) is 10.1 Å². The van der Waals surface area contributed by atoms with Crippen LogP contribution in [0.25, 0.3) is 5.69 Å². The van der Waals surface area contributed by atoms with Gasteiger partial charge in [0.1, 0.15) is 11.6 Å². The molecule has 0 bridgehead atoms. The zero-order valence-corrected chi connectivity index (χ0v) is 17.1. The summed E-state index contributed by atoms with van der Waals surface area (Å²) in [7, 11) is 0. The lowest BCUT2D eigenvalue weighted by Crippen LogP contribution is -2.13. The molecule has 1 aromatic carbocycles. The van der Waals surface area contributed by atoms with E-state index in [9.17, 15) is 15.4 Å². The predicted molar refractivity (Wildman–Crippen MR) is 117 cm³/mol. The smallest absolute Gasteiger partial charge is 0.269 e. The summed E-state index contributed by atoms with van der Waals surface area (Å²) in [5.74, 6) is 0.256. The van der Waals surface area contributed by atoms with Crippen LogP contribution in [0.15, 0.2) is 40.7 Å². The highest BCUT2D eigenvalue weighted by Crippen LogP contribution is 2.33. The van der Waals surface area contributed by atoms with Crippen molar-refractivity contribution in [2.24, 2.45) is 10.2 Å². The van der Waals surface area contributed by atoms with Crippen LogP contribution in [-0.2, 0) is 0 Å². The van der Waals surface area contributed by atoms with Crippen molar-refractivity contribution in [3.63, 3.8) is 0 Å². The van der Waals surface area contributed by atoms with Crippen molar-refractivity contribution >= 4 is 34.8 Å². The Morgan fingerprint density at radius 3 is 2.24 bits per heavy atom. The summed E-state index contributed by atoms with van der Waals surface area (Å²) >= 11 is 0. The van der Waals surface area contributed by atoms with Gasteiger partial charge in [-0.15, -0.1) is 15.3 Å². The lowest BCUT2D eigenvalue weighted by Gasteiger charge is -2.12. The van der Waals surface area contributed by atoms with Crippen LogP contribution in [0.1, 0.15) is 5.56 Å². The van der Waals surface area contributed by atoms with Gasteiger partial charge in [-0.1, -0.05) is 0 Å². The minimum Gasteiger partial charge on any atom is -0.395 e. The van der Waals surface area contributed by atoms with Crippen LogP contribution in [0.4, 0.5) is 34.8 Å². The number of benzene rings is 1. The molecule has 0 saturated heterocycles. The standard InChI is InChI=1S/C18H19N11O4/c19-9-11-10-28(12-1-3-13(4-2-12)29(32)33)27-15(11)26-25-14-16(21-5-7-30)23-18(20)24-17(14)22-6-8-31/h1-4,10,30-31H,5-8H2,(H4,20,21,22,23,24). The molecule has 0 unspecified atom stereocenters. The Hall–Kier alpha value is -4.68. The third-order valence-corrected chi connectivity index (χ3v) is 4.09. The van der Waals surface area contributed by atoms with Crippen LogP contribution in [0.2, 0.25) is 0 Å². The maximum absolute atomic E-state index is 10.8. The molecule has 0 aliphatic rings. The van der Waals surface area contributed by atoms with E-state index >= 15 is 0 Å². The van der Waals surface area contributed by atoms with Gasteiger partial charge in [-0.05, 0) is 12.1 Å². The summed E-state index contributed by atoms with van der Waals surface area (Å²) in [6, 6.07) is 7.55. The van der Waals surface area contributed by atoms with Crippen molar-refractivity contribution in [3.05, 3.63) is 46.1 Å². The Balaban J connectivity index is 1.98. The van der Waals surface area contributed by atoms with Gasteiger partial charge in [-0.25, -0.2) is 4.68 Å². The first-order chi connectivity index (χ1) is 16.0. The van der Waals surface area contributed by atoms with Crippen molar-refractivity contribution in [1.82, 2.24) is 19.7 Å². The molecule has 0 amide bonds. The molecule has 0 aliphatic heterocycles. The summed E-state index contributed by atoms with van der Waals surface area (Å²) in [4.78, 5) is 18.4. The summed E-state index contributed by atoms with van der Waals surface area (Å²) in [6.45, 7) is -0.0660. The van der Waals surface area contributed by atoms with E-state index in [1.807, 2.05) is 6.07 Å². The number of nitro groups is 1. The second-order valence-electron chi connectivity index (χ2n) is 6.32. The van der Waals surface area contributed by atoms with Gasteiger partial charge in [-0.2, -0.15) is 15.2 Å². The fourth-order valence-electron chi connectivity index (χ4n) is 2.64. The van der Waals surface area contributed by atoms with Gasteiger partial charge in [0.2, 0.25) is 11.8 Å². The van der Waals surface area contributed by atoms with E-state index in [0.29, 0.717) is 5.69 Å². The van der Waals surface area contributed by atoms with Gasteiger partial charge >= 0.3 is 0 Å². The van der Waals surface area contributed by atoms with Crippen molar-refractivity contribution < 1.29 is 15.1 Å². The Bertz CT molecular complexity index is 1170. The number of nitriles is 1. The number of aliphatic hydroxyl groups is 2. The quantitative estimate of drug-likeness (QED) is 0.167. The molecule has 33 heavy (non-hydrogen) atoms. The first-order valence-corrected chi connectivity index (χ1v) is 9.50. The first-order valence-electron chi connectivity index (χ1n) is 9.50. The fourth-order valence-corrected chi connectivity index (χ4v) is 2.64. The molecule has 3 aromatic rings. The highest BCUT2D eigenvalue weighted by atomic mass is 16.6. The second-order valence-corrected chi connectivity index (χ2v) is 6.32. The van der Waals surface area contributed by atoms with E-state index in [-0.39, 0.29) is 66.6 Å². The number of hydrogen-bond donors (Lipinski definition) is 5. The number of aromatic nitrogens is 4. The Morgan fingerprint density at radius 2 is 1.73 bits per heavy atom. The van der Waals surface area contributed by atoms with Crippen LogP contribution in [0.5, 0.6) is 0 Å². The minimum absolute atomic E-state index is 0.0195. The van der Waals surface area contributed by atoms with E-state index < -0.39 is 4.92 Å². The largest absolute Gasteiger partial charge is 0.395 e. The molecule has 3 rings (SSSR count). The predicted octanol–water partition coefficient (Wildman–Crippen LogP) is 1.25. The van der Waals surface area contributed by atoms with E-state index in [2.05, 4.69) is 35.9 Å². The van der Waals surface area contributed by atoms with E-state index in [0.717, 1.165) is 0 Å². The van der Waals surface area contributed by atoms with Crippen LogP contribution in [-0.4, -0.2) is 61.2 Å². The molecule has 6 N–H and O–H groups in total. The van der Waals surface area contributed by atoms with Crippen LogP contribution >= 0.6 is 0 Å². The van der Waals surface area contributed by atoms with Crippen LogP contribution < -0.4 is 16.4 Å². The summed E-state index contributed by atoms with van der Waals surface area (Å²) in [5.41, 5.74) is 6.34. The molecule has 0 saturated carbocycles. The van der Waals surface area contributed by atoms with Crippen molar-refractivity contribution in [2.75, 3.05) is 42.7 Å².